The molecule has 5 nitrogen and oxygen atoms in total. The Morgan fingerprint density at radius 3 is 2.54 bits per heavy atom. The number of furan rings is 1. The third kappa shape index (κ3) is 2.88. The van der Waals surface area contributed by atoms with Crippen LogP contribution in [-0.2, 0) is 11.3 Å². The number of carbonyl (C=O) groups is 1. The molecule has 0 bridgehead atoms. The van der Waals surface area contributed by atoms with Crippen molar-refractivity contribution in [1.82, 2.24) is 9.55 Å². The first kappa shape index (κ1) is 16.1. The molecule has 130 valence electrons. The average molecular weight is 345 g/mol. The molecule has 0 aliphatic carbocycles. The van der Waals surface area contributed by atoms with Crippen LogP contribution >= 0.6 is 0 Å². The molecular formula is C21H19N3O2. The van der Waals surface area contributed by atoms with Crippen LogP contribution in [0.3, 0.4) is 0 Å². The molecule has 26 heavy (non-hydrogen) atoms. The fraction of sp³-hybridized carbons (Fsp3) is 0.143. The van der Waals surface area contributed by atoms with E-state index in [1.807, 2.05) is 78.2 Å². The third-order valence-electron chi connectivity index (χ3n) is 4.37. The van der Waals surface area contributed by atoms with Crippen LogP contribution in [0.2, 0.25) is 0 Å². The molecule has 1 amide bonds. The quantitative estimate of drug-likeness (QED) is 0.540. The number of rotatable bonds is 5. The number of hydrogen-bond acceptors (Lipinski definition) is 3. The Hall–Kier alpha value is -3.34. The number of para-hydroxylation sites is 3. The highest BCUT2D eigenvalue weighted by Crippen LogP contribution is 2.25. The van der Waals surface area contributed by atoms with E-state index in [0.29, 0.717) is 18.1 Å². The molecule has 0 radical (unpaired) electrons. The lowest BCUT2D eigenvalue weighted by molar-refractivity contribution is -0.119. The summed E-state index contributed by atoms with van der Waals surface area (Å²) in [6.45, 7) is 2.77. The maximum Gasteiger partial charge on any atom is 0.246 e. The number of hydrogen-bond donors (Lipinski definition) is 0. The van der Waals surface area contributed by atoms with Crippen molar-refractivity contribution in [1.29, 1.82) is 0 Å². The normalized spacial score (nSPS) is 11.0. The highest BCUT2D eigenvalue weighted by atomic mass is 16.3. The zero-order valence-corrected chi connectivity index (χ0v) is 14.5. The van der Waals surface area contributed by atoms with Crippen LogP contribution in [-0.4, -0.2) is 22.0 Å². The lowest BCUT2D eigenvalue weighted by Crippen LogP contribution is -2.33. The van der Waals surface area contributed by atoms with Gasteiger partial charge in [0.15, 0.2) is 11.6 Å². The maximum absolute atomic E-state index is 13.1. The Kier molecular flexibility index (Phi) is 4.27. The van der Waals surface area contributed by atoms with Gasteiger partial charge in [-0.25, -0.2) is 4.98 Å². The summed E-state index contributed by atoms with van der Waals surface area (Å²) in [6, 6.07) is 21.2. The number of fused-ring (bicyclic) bond motifs is 1. The minimum Gasteiger partial charge on any atom is -0.461 e. The highest BCUT2D eigenvalue weighted by Gasteiger charge is 2.20. The Balaban J connectivity index is 1.74. The molecule has 5 heteroatoms. The SMILES string of the molecule is CCN(C(=O)Cn1c(-c2ccco2)nc2ccccc21)c1ccccc1. The van der Waals surface area contributed by atoms with Crippen LogP contribution in [0.4, 0.5) is 5.69 Å². The molecule has 2 aromatic carbocycles. The van der Waals surface area contributed by atoms with Crippen LogP contribution < -0.4 is 4.90 Å². The van der Waals surface area contributed by atoms with Gasteiger partial charge in [0.25, 0.3) is 0 Å². The predicted molar refractivity (Wildman–Crippen MR) is 102 cm³/mol. The number of aromatic nitrogens is 2. The van der Waals surface area contributed by atoms with Gasteiger partial charge in [0, 0.05) is 12.2 Å². The van der Waals surface area contributed by atoms with Crippen molar-refractivity contribution >= 4 is 22.6 Å². The van der Waals surface area contributed by atoms with Gasteiger partial charge >= 0.3 is 0 Å². The number of anilines is 1. The van der Waals surface area contributed by atoms with E-state index in [1.165, 1.54) is 0 Å². The fourth-order valence-corrected chi connectivity index (χ4v) is 3.16. The fourth-order valence-electron chi connectivity index (χ4n) is 3.16. The first-order valence-electron chi connectivity index (χ1n) is 8.62. The van der Waals surface area contributed by atoms with Gasteiger partial charge in [0.05, 0.1) is 17.3 Å². The van der Waals surface area contributed by atoms with E-state index in [1.54, 1.807) is 11.2 Å². The molecule has 4 rings (SSSR count). The molecule has 2 aromatic heterocycles. The van der Waals surface area contributed by atoms with E-state index >= 15 is 0 Å². The lowest BCUT2D eigenvalue weighted by atomic mass is 10.2. The molecule has 0 unspecified atom stereocenters. The second kappa shape index (κ2) is 6.88. The van der Waals surface area contributed by atoms with Crippen molar-refractivity contribution in [3.8, 4) is 11.6 Å². The first-order valence-corrected chi connectivity index (χ1v) is 8.62. The zero-order valence-electron chi connectivity index (χ0n) is 14.5. The molecule has 0 saturated heterocycles. The Morgan fingerprint density at radius 2 is 1.81 bits per heavy atom. The minimum atomic E-state index is 0.00894. The van der Waals surface area contributed by atoms with E-state index < -0.39 is 0 Å². The lowest BCUT2D eigenvalue weighted by Gasteiger charge is -2.21. The standard InChI is InChI=1S/C21H19N3O2/c1-2-23(16-9-4-3-5-10-16)20(25)15-24-18-12-7-6-11-17(18)22-21(24)19-13-8-14-26-19/h3-14H,2,15H2,1H3. The number of imidazole rings is 1. The van der Waals surface area contributed by atoms with Gasteiger partial charge < -0.3 is 13.9 Å². The largest absolute Gasteiger partial charge is 0.461 e. The highest BCUT2D eigenvalue weighted by molar-refractivity contribution is 5.94. The van der Waals surface area contributed by atoms with Crippen LogP contribution in [0, 0.1) is 0 Å². The van der Waals surface area contributed by atoms with Gasteiger partial charge in [-0.2, -0.15) is 0 Å². The smallest absolute Gasteiger partial charge is 0.246 e. The molecule has 2 heterocycles. The van der Waals surface area contributed by atoms with E-state index in [4.69, 9.17) is 4.42 Å². The maximum atomic E-state index is 13.1. The van der Waals surface area contributed by atoms with Crippen molar-refractivity contribution in [3.63, 3.8) is 0 Å². The van der Waals surface area contributed by atoms with E-state index in [9.17, 15) is 4.79 Å². The third-order valence-corrected chi connectivity index (χ3v) is 4.37. The average Bonchev–Trinajstić information content (AvgIpc) is 3.32. The van der Waals surface area contributed by atoms with Gasteiger partial charge in [-0.3, -0.25) is 4.79 Å². The van der Waals surface area contributed by atoms with Crippen molar-refractivity contribution in [2.45, 2.75) is 13.5 Å². The molecule has 0 spiro atoms. The van der Waals surface area contributed by atoms with Crippen LogP contribution in [0.5, 0.6) is 0 Å². The number of amides is 1. The monoisotopic (exact) mass is 345 g/mol. The van der Waals surface area contributed by atoms with E-state index in [-0.39, 0.29) is 12.5 Å². The van der Waals surface area contributed by atoms with Gasteiger partial charge in [-0.15, -0.1) is 0 Å². The summed E-state index contributed by atoms with van der Waals surface area (Å²) in [5, 5.41) is 0. The minimum absolute atomic E-state index is 0.00894. The summed E-state index contributed by atoms with van der Waals surface area (Å²) < 4.78 is 7.45. The Labute approximate surface area is 151 Å². The molecule has 0 fully saturated rings. The van der Waals surface area contributed by atoms with Crippen LogP contribution in [0.25, 0.3) is 22.6 Å². The van der Waals surface area contributed by atoms with E-state index in [0.717, 1.165) is 16.7 Å². The summed E-state index contributed by atoms with van der Waals surface area (Å²) >= 11 is 0. The summed E-state index contributed by atoms with van der Waals surface area (Å²) in [6.07, 6.45) is 1.61. The topological polar surface area (TPSA) is 51.3 Å². The van der Waals surface area contributed by atoms with Gasteiger partial charge in [-0.05, 0) is 43.3 Å². The summed E-state index contributed by atoms with van der Waals surface area (Å²) in [7, 11) is 0. The molecule has 4 aromatic rings. The molecule has 0 saturated carbocycles. The zero-order chi connectivity index (χ0) is 17.9. The van der Waals surface area contributed by atoms with E-state index in [2.05, 4.69) is 4.98 Å². The molecular weight excluding hydrogens is 326 g/mol. The molecule has 0 aliphatic rings. The summed E-state index contributed by atoms with van der Waals surface area (Å²) in [4.78, 5) is 19.5. The van der Waals surface area contributed by atoms with Crippen molar-refractivity contribution in [3.05, 3.63) is 73.0 Å². The van der Waals surface area contributed by atoms with Crippen molar-refractivity contribution < 1.29 is 9.21 Å². The van der Waals surface area contributed by atoms with Gasteiger partial charge in [0.2, 0.25) is 5.91 Å². The number of nitrogens with zero attached hydrogens (tertiary/aromatic N) is 3. The summed E-state index contributed by atoms with van der Waals surface area (Å²) in [5.41, 5.74) is 2.65. The molecule has 0 N–H and O–H groups in total. The van der Waals surface area contributed by atoms with Crippen LogP contribution in [0.1, 0.15) is 6.92 Å². The number of carbonyl (C=O) groups excluding carboxylic acids is 1. The number of benzene rings is 2. The Bertz CT molecular complexity index is 1020. The molecule has 0 atom stereocenters. The van der Waals surface area contributed by atoms with Crippen LogP contribution in [0.15, 0.2) is 77.4 Å². The first-order chi connectivity index (χ1) is 12.8. The predicted octanol–water partition coefficient (Wildman–Crippen LogP) is 4.35. The van der Waals surface area contributed by atoms with Gasteiger partial charge in [0.1, 0.15) is 6.54 Å². The second-order valence-electron chi connectivity index (χ2n) is 5.96. The number of likely N-dealkylation sites (N-methyl/N-ethyl adjacent to an activating group) is 1. The van der Waals surface area contributed by atoms with Crippen molar-refractivity contribution in [2.75, 3.05) is 11.4 Å². The summed E-state index contributed by atoms with van der Waals surface area (Å²) in [5.74, 6) is 1.32. The van der Waals surface area contributed by atoms with Gasteiger partial charge in [-0.1, -0.05) is 30.3 Å². The Morgan fingerprint density at radius 1 is 1.04 bits per heavy atom. The molecule has 0 aliphatic heterocycles. The van der Waals surface area contributed by atoms with Crippen molar-refractivity contribution in [2.24, 2.45) is 0 Å². The second-order valence-corrected chi connectivity index (χ2v) is 5.96.